The molecule has 1 atom stereocenters. The Labute approximate surface area is 290 Å². The van der Waals surface area contributed by atoms with E-state index >= 15 is 0 Å². The minimum Gasteiger partial charge on any atom is -0.354 e. The summed E-state index contributed by atoms with van der Waals surface area (Å²) in [5.74, 6) is -1.07. The summed E-state index contributed by atoms with van der Waals surface area (Å²) in [4.78, 5) is 29.7. The summed E-state index contributed by atoms with van der Waals surface area (Å²) in [7, 11) is -4.32. The van der Waals surface area contributed by atoms with E-state index in [1.165, 1.54) is 35.2 Å². The largest absolute Gasteiger partial charge is 0.354 e. The lowest BCUT2D eigenvalue weighted by molar-refractivity contribution is -0.140. The first-order valence-electron chi connectivity index (χ1n) is 14.6. The Morgan fingerprint density at radius 3 is 2.04 bits per heavy atom. The summed E-state index contributed by atoms with van der Waals surface area (Å²) >= 11 is 25.8. The Morgan fingerprint density at radius 1 is 0.804 bits per heavy atom. The van der Waals surface area contributed by atoms with Gasteiger partial charge in [0.15, 0.2) is 0 Å². The van der Waals surface area contributed by atoms with E-state index in [0.717, 1.165) is 22.7 Å². The van der Waals surface area contributed by atoms with Crippen LogP contribution in [0.25, 0.3) is 0 Å². The molecule has 1 N–H and O–H groups in total. The van der Waals surface area contributed by atoms with Gasteiger partial charge in [0.05, 0.1) is 15.6 Å². The molecule has 0 heterocycles. The molecular formula is C34H33Cl4N3O4S. The smallest absolute Gasteiger partial charge is 0.264 e. The van der Waals surface area contributed by atoms with E-state index in [9.17, 15) is 18.0 Å². The van der Waals surface area contributed by atoms with Crippen molar-refractivity contribution in [3.63, 3.8) is 0 Å². The molecule has 0 saturated carbocycles. The number of hydrogen-bond acceptors (Lipinski definition) is 4. The van der Waals surface area contributed by atoms with Gasteiger partial charge in [0.1, 0.15) is 12.6 Å². The molecule has 0 radical (unpaired) electrons. The van der Waals surface area contributed by atoms with Gasteiger partial charge in [-0.1, -0.05) is 114 Å². The van der Waals surface area contributed by atoms with Crippen molar-refractivity contribution >= 4 is 73.9 Å². The number of amides is 2. The highest BCUT2D eigenvalue weighted by Gasteiger charge is 2.35. The lowest BCUT2D eigenvalue weighted by atomic mass is 10.0. The SMILES string of the molecule is CCCCNC(=O)[C@H](Cc1ccccc1)N(Cc1c(Cl)cccc1Cl)C(=O)CN(c1ccc(Cl)cc1Cl)S(=O)(=O)c1ccccc1. The predicted molar refractivity (Wildman–Crippen MR) is 186 cm³/mol. The number of rotatable bonds is 14. The van der Waals surface area contributed by atoms with Crippen LogP contribution in [-0.4, -0.2) is 44.3 Å². The van der Waals surface area contributed by atoms with E-state index < -0.39 is 34.4 Å². The fourth-order valence-electron chi connectivity index (χ4n) is 4.83. The van der Waals surface area contributed by atoms with Gasteiger partial charge in [-0.3, -0.25) is 13.9 Å². The Morgan fingerprint density at radius 2 is 1.43 bits per heavy atom. The van der Waals surface area contributed by atoms with Crippen LogP contribution in [0.3, 0.4) is 0 Å². The molecule has 0 aromatic heterocycles. The molecule has 7 nitrogen and oxygen atoms in total. The molecule has 0 aliphatic rings. The minimum atomic E-state index is -4.32. The third-order valence-corrected chi connectivity index (χ3v) is 10.3. The fraction of sp³-hybridized carbons (Fsp3) is 0.235. The van der Waals surface area contributed by atoms with Gasteiger partial charge in [-0.05, 0) is 54.4 Å². The summed E-state index contributed by atoms with van der Waals surface area (Å²) in [5.41, 5.74) is 1.27. The average molecular weight is 722 g/mol. The molecule has 0 bridgehead atoms. The van der Waals surface area contributed by atoms with Gasteiger partial charge < -0.3 is 10.2 Å². The highest BCUT2D eigenvalue weighted by molar-refractivity contribution is 7.92. The molecule has 4 aromatic carbocycles. The van der Waals surface area contributed by atoms with Crippen LogP contribution >= 0.6 is 46.4 Å². The molecule has 242 valence electrons. The van der Waals surface area contributed by atoms with E-state index in [0.29, 0.717) is 27.2 Å². The van der Waals surface area contributed by atoms with Crippen molar-refractivity contribution in [2.45, 2.75) is 43.7 Å². The van der Waals surface area contributed by atoms with Crippen molar-refractivity contribution in [1.82, 2.24) is 10.2 Å². The first kappa shape index (κ1) is 35.6. The highest BCUT2D eigenvalue weighted by Crippen LogP contribution is 2.34. The van der Waals surface area contributed by atoms with Gasteiger partial charge in [-0.15, -0.1) is 0 Å². The van der Waals surface area contributed by atoms with Crippen molar-refractivity contribution in [2.24, 2.45) is 0 Å². The van der Waals surface area contributed by atoms with Crippen LogP contribution in [-0.2, 0) is 32.6 Å². The van der Waals surface area contributed by atoms with Crippen LogP contribution in [0.1, 0.15) is 30.9 Å². The second kappa shape index (κ2) is 16.5. The summed E-state index contributed by atoms with van der Waals surface area (Å²) in [6.07, 6.45) is 1.75. The number of unbranched alkanes of at least 4 members (excludes halogenated alkanes) is 1. The molecule has 0 aliphatic heterocycles. The first-order valence-corrected chi connectivity index (χ1v) is 17.5. The van der Waals surface area contributed by atoms with Crippen LogP contribution in [0.15, 0.2) is 102 Å². The number of anilines is 1. The summed E-state index contributed by atoms with van der Waals surface area (Å²) in [6.45, 7) is 1.56. The Balaban J connectivity index is 1.84. The normalized spacial score (nSPS) is 11.9. The second-order valence-corrected chi connectivity index (χ2v) is 14.0. The van der Waals surface area contributed by atoms with Crippen LogP contribution in [0.4, 0.5) is 5.69 Å². The molecule has 0 unspecified atom stereocenters. The van der Waals surface area contributed by atoms with Crippen LogP contribution in [0.2, 0.25) is 20.1 Å². The maximum Gasteiger partial charge on any atom is 0.264 e. The Kier molecular flexibility index (Phi) is 12.8. The first-order chi connectivity index (χ1) is 22.0. The third kappa shape index (κ3) is 8.96. The maximum absolute atomic E-state index is 14.6. The number of halogens is 4. The Bertz CT molecular complexity index is 1740. The number of benzene rings is 4. The van der Waals surface area contributed by atoms with Gasteiger partial charge in [-0.2, -0.15) is 0 Å². The van der Waals surface area contributed by atoms with E-state index in [1.807, 2.05) is 37.3 Å². The zero-order valence-electron chi connectivity index (χ0n) is 25.0. The van der Waals surface area contributed by atoms with Gasteiger partial charge >= 0.3 is 0 Å². The molecule has 0 fully saturated rings. The molecule has 0 aliphatic carbocycles. The maximum atomic E-state index is 14.6. The third-order valence-electron chi connectivity index (χ3n) is 7.28. The number of sulfonamides is 1. The topological polar surface area (TPSA) is 86.8 Å². The van der Waals surface area contributed by atoms with Crippen molar-refractivity contribution in [1.29, 1.82) is 0 Å². The molecule has 46 heavy (non-hydrogen) atoms. The van der Waals surface area contributed by atoms with Gasteiger partial charge in [0.2, 0.25) is 11.8 Å². The van der Waals surface area contributed by atoms with E-state index in [4.69, 9.17) is 46.4 Å². The van der Waals surface area contributed by atoms with Crippen molar-refractivity contribution in [3.05, 3.63) is 128 Å². The number of carbonyl (C=O) groups excluding carboxylic acids is 2. The lowest BCUT2D eigenvalue weighted by Gasteiger charge is -2.34. The zero-order valence-corrected chi connectivity index (χ0v) is 28.8. The summed E-state index contributed by atoms with van der Waals surface area (Å²) in [5, 5.41) is 3.85. The van der Waals surface area contributed by atoms with Crippen LogP contribution < -0.4 is 9.62 Å². The minimum absolute atomic E-state index is 0.0265. The molecule has 2 amide bonds. The molecule has 12 heteroatoms. The Hall–Kier alpha value is -3.27. The number of nitrogens with one attached hydrogen (secondary N) is 1. The van der Waals surface area contributed by atoms with Crippen LogP contribution in [0.5, 0.6) is 0 Å². The molecule has 4 rings (SSSR count). The van der Waals surface area contributed by atoms with Gasteiger partial charge in [0, 0.05) is 40.1 Å². The van der Waals surface area contributed by atoms with Crippen molar-refractivity contribution in [2.75, 3.05) is 17.4 Å². The monoisotopic (exact) mass is 719 g/mol. The van der Waals surface area contributed by atoms with Gasteiger partial charge in [0.25, 0.3) is 10.0 Å². The van der Waals surface area contributed by atoms with Crippen molar-refractivity contribution in [3.8, 4) is 0 Å². The van der Waals surface area contributed by atoms with E-state index in [-0.39, 0.29) is 28.6 Å². The predicted octanol–water partition coefficient (Wildman–Crippen LogP) is 8.05. The molecular weight excluding hydrogens is 688 g/mol. The average Bonchev–Trinajstić information content (AvgIpc) is 3.04. The highest BCUT2D eigenvalue weighted by atomic mass is 35.5. The lowest BCUT2D eigenvalue weighted by Crippen LogP contribution is -2.53. The number of carbonyl (C=O) groups is 2. The van der Waals surface area contributed by atoms with E-state index in [1.54, 1.807) is 36.4 Å². The number of nitrogens with zero attached hydrogens (tertiary/aromatic N) is 2. The fourth-order valence-corrected chi connectivity index (χ4v) is 7.36. The standard InChI is InChI=1S/C34H33Cl4N3O4S/c1-2-3-19-39-34(43)32(20-24-11-6-4-7-12-24)40(22-27-28(36)15-10-16-29(27)37)33(42)23-41(31-18-17-25(35)21-30(31)38)46(44,45)26-13-8-5-9-14-26/h4-18,21,32H,2-3,19-20,22-23H2,1H3,(H,39,43)/t32-/m0/s1. The number of hydrogen-bond donors (Lipinski definition) is 1. The molecule has 0 spiro atoms. The zero-order chi connectivity index (χ0) is 33.3. The molecule has 4 aromatic rings. The summed E-state index contributed by atoms with van der Waals surface area (Å²) in [6, 6.07) is 25.2. The van der Waals surface area contributed by atoms with E-state index in [2.05, 4.69) is 5.32 Å². The quantitative estimate of drug-likeness (QED) is 0.134. The summed E-state index contributed by atoms with van der Waals surface area (Å²) < 4.78 is 29.1. The second-order valence-electron chi connectivity index (χ2n) is 10.5. The molecule has 0 saturated heterocycles. The van der Waals surface area contributed by atoms with Crippen molar-refractivity contribution < 1.29 is 18.0 Å². The van der Waals surface area contributed by atoms with Crippen LogP contribution in [0, 0.1) is 0 Å². The van der Waals surface area contributed by atoms with Gasteiger partial charge in [-0.25, -0.2) is 8.42 Å².